The van der Waals surface area contributed by atoms with Gasteiger partial charge in [-0.1, -0.05) is 0 Å². The minimum Gasteiger partial charge on any atom is -0.370 e. The average molecular weight is 201 g/mol. The predicted molar refractivity (Wildman–Crippen MR) is 60.2 cm³/mol. The van der Waals surface area contributed by atoms with Gasteiger partial charge in [-0.05, 0) is 32.9 Å². The molecule has 0 radical (unpaired) electrons. The summed E-state index contributed by atoms with van der Waals surface area (Å²) in [5.41, 5.74) is 5.69. The number of hydrogen-bond acceptors (Lipinski definition) is 2. The van der Waals surface area contributed by atoms with Gasteiger partial charge in [0.15, 0.2) is 5.96 Å². The molecule has 4 heteroatoms. The zero-order valence-corrected chi connectivity index (χ0v) is 9.45. The van der Waals surface area contributed by atoms with Gasteiger partial charge in [-0.15, -0.1) is 0 Å². The van der Waals surface area contributed by atoms with Gasteiger partial charge in [-0.25, -0.2) is 0 Å². The molecule has 0 spiro atoms. The molecular weight excluding hydrogens is 182 g/mol. The molecule has 0 aliphatic heterocycles. The van der Waals surface area contributed by atoms with Crippen LogP contribution < -0.4 is 11.1 Å². The van der Waals surface area contributed by atoms with Crippen molar-refractivity contribution >= 4 is 17.7 Å². The maximum atomic E-state index is 5.69. The van der Waals surface area contributed by atoms with E-state index in [4.69, 9.17) is 5.73 Å². The van der Waals surface area contributed by atoms with Crippen LogP contribution in [0.1, 0.15) is 26.7 Å². The molecule has 0 heterocycles. The van der Waals surface area contributed by atoms with E-state index in [1.165, 1.54) is 12.8 Å². The van der Waals surface area contributed by atoms with Crippen molar-refractivity contribution in [3.8, 4) is 0 Å². The van der Waals surface area contributed by atoms with Gasteiger partial charge in [0.05, 0.1) is 6.54 Å². The summed E-state index contributed by atoms with van der Waals surface area (Å²) in [4.78, 5) is 4.33. The van der Waals surface area contributed by atoms with Crippen LogP contribution in [-0.2, 0) is 0 Å². The number of thioether (sulfide) groups is 1. The van der Waals surface area contributed by atoms with E-state index in [2.05, 4.69) is 30.4 Å². The van der Waals surface area contributed by atoms with Crippen molar-refractivity contribution in [1.29, 1.82) is 0 Å². The van der Waals surface area contributed by atoms with Crippen LogP contribution in [0.5, 0.6) is 0 Å². The normalized spacial score (nSPS) is 20.5. The zero-order chi connectivity index (χ0) is 9.90. The van der Waals surface area contributed by atoms with Crippen LogP contribution in [0.4, 0.5) is 0 Å². The lowest BCUT2D eigenvalue weighted by Gasteiger charge is -2.11. The molecule has 76 valence electrons. The lowest BCUT2D eigenvalue weighted by Crippen LogP contribution is -2.37. The molecule has 1 aliphatic rings. The molecule has 0 bridgehead atoms. The van der Waals surface area contributed by atoms with Crippen LogP contribution >= 0.6 is 11.8 Å². The Morgan fingerprint density at radius 3 is 2.62 bits per heavy atom. The topological polar surface area (TPSA) is 50.4 Å². The third-order valence-electron chi connectivity index (χ3n) is 2.21. The molecule has 0 amide bonds. The second-order valence-corrected chi connectivity index (χ2v) is 5.16. The highest BCUT2D eigenvalue weighted by molar-refractivity contribution is 8.00. The number of nitrogens with two attached hydrogens (primary N) is 1. The lowest BCUT2D eigenvalue weighted by molar-refractivity contribution is 0.721. The molecule has 0 atom stereocenters. The average Bonchev–Trinajstić information content (AvgIpc) is 2.80. The van der Waals surface area contributed by atoms with E-state index in [1.54, 1.807) is 0 Å². The first-order valence-corrected chi connectivity index (χ1v) is 5.92. The minimum absolute atomic E-state index is 0.369. The van der Waals surface area contributed by atoms with Gasteiger partial charge in [-0.3, -0.25) is 4.99 Å². The molecule has 1 aliphatic carbocycles. The summed E-state index contributed by atoms with van der Waals surface area (Å²) in [5.74, 6) is 0.579. The quantitative estimate of drug-likeness (QED) is 0.531. The van der Waals surface area contributed by atoms with Crippen LogP contribution in [0.25, 0.3) is 0 Å². The highest BCUT2D eigenvalue weighted by atomic mass is 32.2. The van der Waals surface area contributed by atoms with Crippen molar-refractivity contribution in [3.63, 3.8) is 0 Å². The highest BCUT2D eigenvalue weighted by Crippen LogP contribution is 2.47. The Labute approximate surface area is 84.6 Å². The van der Waals surface area contributed by atoms with Crippen LogP contribution in [0.2, 0.25) is 0 Å². The predicted octanol–water partition coefficient (Wildman–Crippen LogP) is 1.19. The standard InChI is InChI=1S/C9H19N3S/c1-7(2)12-8(10)11-6-9(13-3)4-5-9/h7H,4-6H2,1-3H3,(H3,10,11,12). The minimum atomic E-state index is 0.369. The van der Waals surface area contributed by atoms with Gasteiger partial charge in [0.1, 0.15) is 0 Å². The smallest absolute Gasteiger partial charge is 0.188 e. The van der Waals surface area contributed by atoms with Crippen molar-refractivity contribution in [2.75, 3.05) is 12.8 Å². The molecular formula is C9H19N3S. The Morgan fingerprint density at radius 1 is 1.62 bits per heavy atom. The van der Waals surface area contributed by atoms with Gasteiger partial charge in [0, 0.05) is 10.8 Å². The number of rotatable bonds is 4. The summed E-state index contributed by atoms with van der Waals surface area (Å²) in [7, 11) is 0. The Balaban J connectivity index is 2.30. The second-order valence-electron chi connectivity index (χ2n) is 3.89. The fourth-order valence-electron chi connectivity index (χ4n) is 1.14. The van der Waals surface area contributed by atoms with E-state index in [1.807, 2.05) is 11.8 Å². The summed E-state index contributed by atoms with van der Waals surface area (Å²) in [6, 6.07) is 0.369. The SMILES string of the molecule is CSC1(CN=C(N)NC(C)C)CC1. The number of aliphatic imine (C=N–C) groups is 1. The molecule has 3 N–H and O–H groups in total. The van der Waals surface area contributed by atoms with Crippen molar-refractivity contribution in [2.45, 2.75) is 37.5 Å². The largest absolute Gasteiger partial charge is 0.370 e. The van der Waals surface area contributed by atoms with Crippen LogP contribution in [0.3, 0.4) is 0 Å². The number of hydrogen-bond donors (Lipinski definition) is 2. The number of nitrogens with zero attached hydrogens (tertiary/aromatic N) is 1. The van der Waals surface area contributed by atoms with Crippen LogP contribution in [0.15, 0.2) is 4.99 Å². The fraction of sp³-hybridized carbons (Fsp3) is 0.889. The van der Waals surface area contributed by atoms with Crippen molar-refractivity contribution in [3.05, 3.63) is 0 Å². The molecule has 1 rings (SSSR count). The van der Waals surface area contributed by atoms with Crippen LogP contribution in [0, 0.1) is 0 Å². The van der Waals surface area contributed by atoms with E-state index < -0.39 is 0 Å². The summed E-state index contributed by atoms with van der Waals surface area (Å²) in [6.45, 7) is 4.98. The van der Waals surface area contributed by atoms with Gasteiger partial charge >= 0.3 is 0 Å². The highest BCUT2D eigenvalue weighted by Gasteiger charge is 2.41. The van der Waals surface area contributed by atoms with Crippen molar-refractivity contribution in [2.24, 2.45) is 10.7 Å². The Bertz CT molecular complexity index is 197. The van der Waals surface area contributed by atoms with Crippen molar-refractivity contribution < 1.29 is 0 Å². The van der Waals surface area contributed by atoms with Gasteiger partial charge < -0.3 is 11.1 Å². The molecule has 0 aromatic heterocycles. The molecule has 13 heavy (non-hydrogen) atoms. The molecule has 0 unspecified atom stereocenters. The zero-order valence-electron chi connectivity index (χ0n) is 8.63. The Kier molecular flexibility index (Phi) is 3.47. The Morgan fingerprint density at radius 2 is 2.23 bits per heavy atom. The van der Waals surface area contributed by atoms with E-state index in [0.29, 0.717) is 16.7 Å². The van der Waals surface area contributed by atoms with E-state index in [-0.39, 0.29) is 0 Å². The molecule has 1 fully saturated rings. The second kappa shape index (κ2) is 4.22. The third kappa shape index (κ3) is 3.46. The maximum Gasteiger partial charge on any atom is 0.188 e. The monoisotopic (exact) mass is 201 g/mol. The van der Waals surface area contributed by atoms with E-state index in [0.717, 1.165) is 6.54 Å². The summed E-state index contributed by atoms with van der Waals surface area (Å²) in [5, 5.41) is 3.09. The maximum absolute atomic E-state index is 5.69. The molecule has 1 saturated carbocycles. The summed E-state index contributed by atoms with van der Waals surface area (Å²) >= 11 is 1.91. The molecule has 3 nitrogen and oxygen atoms in total. The molecule has 0 aromatic rings. The third-order valence-corrected chi connectivity index (χ3v) is 3.62. The summed E-state index contributed by atoms with van der Waals surface area (Å²) < 4.78 is 0.420. The van der Waals surface area contributed by atoms with Gasteiger partial charge in [0.25, 0.3) is 0 Å². The van der Waals surface area contributed by atoms with Gasteiger partial charge in [0.2, 0.25) is 0 Å². The Hall–Kier alpha value is -0.380. The lowest BCUT2D eigenvalue weighted by atomic mass is 10.4. The summed E-state index contributed by atoms with van der Waals surface area (Å²) in [6.07, 6.45) is 4.72. The number of nitrogens with one attached hydrogen (secondary N) is 1. The molecule has 0 aromatic carbocycles. The first-order chi connectivity index (χ1) is 6.08. The van der Waals surface area contributed by atoms with E-state index in [9.17, 15) is 0 Å². The number of guanidine groups is 1. The van der Waals surface area contributed by atoms with Crippen LogP contribution in [-0.4, -0.2) is 29.5 Å². The van der Waals surface area contributed by atoms with Crippen molar-refractivity contribution in [1.82, 2.24) is 5.32 Å². The van der Waals surface area contributed by atoms with Gasteiger partial charge in [-0.2, -0.15) is 11.8 Å². The molecule has 0 saturated heterocycles. The van der Waals surface area contributed by atoms with E-state index >= 15 is 0 Å². The first kappa shape index (κ1) is 10.7. The first-order valence-electron chi connectivity index (χ1n) is 4.69. The fourth-order valence-corrected chi connectivity index (χ4v) is 1.84.